The van der Waals surface area contributed by atoms with Crippen LogP contribution < -0.4 is 0 Å². The predicted octanol–water partition coefficient (Wildman–Crippen LogP) is 1.64. The average Bonchev–Trinajstić information content (AvgIpc) is 2.35. The summed E-state index contributed by atoms with van der Waals surface area (Å²) in [6, 6.07) is 0. The summed E-state index contributed by atoms with van der Waals surface area (Å²) in [5.41, 5.74) is 0.671. The lowest BCUT2D eigenvalue weighted by Gasteiger charge is -1.89. The third-order valence-electron chi connectivity index (χ3n) is 1.28. The van der Waals surface area contributed by atoms with Crippen molar-refractivity contribution in [2.75, 3.05) is 0 Å². The van der Waals surface area contributed by atoms with Crippen molar-refractivity contribution in [3.05, 3.63) is 17.7 Å². The van der Waals surface area contributed by atoms with Crippen LogP contribution in [0.1, 0.15) is 0 Å². The van der Waals surface area contributed by atoms with Crippen molar-refractivity contribution in [2.45, 2.75) is 0 Å². The molecule has 0 N–H and O–H groups in total. The number of hydrogen-bond donors (Lipinski definition) is 0. The van der Waals surface area contributed by atoms with Gasteiger partial charge in [0.25, 0.3) is 0 Å². The molecule has 0 radical (unpaired) electrons. The van der Waals surface area contributed by atoms with E-state index in [0.29, 0.717) is 10.8 Å². The molecule has 2 aromatic heterocycles. The molecular weight excluding hydrogens is 231 g/mol. The highest BCUT2D eigenvalue weighted by atomic mass is 79.9. The number of rotatable bonds is 0. The third kappa shape index (κ3) is 1.00. The second kappa shape index (κ2) is 2.42. The average molecular weight is 233 g/mol. The summed E-state index contributed by atoms with van der Waals surface area (Å²) in [7, 11) is 0. The van der Waals surface area contributed by atoms with Crippen LogP contribution in [-0.2, 0) is 0 Å². The molecule has 11 heavy (non-hydrogen) atoms. The van der Waals surface area contributed by atoms with E-state index in [1.165, 1.54) is 10.0 Å². The Morgan fingerprint density at radius 2 is 2.27 bits per heavy atom. The minimum atomic E-state index is 0.417. The molecule has 0 aliphatic heterocycles. The fourth-order valence-corrected chi connectivity index (χ4v) is 1.34. The molecule has 4 nitrogen and oxygen atoms in total. The molecule has 2 heterocycles. The number of nitrogens with zero attached hydrogens (tertiary/aromatic N) is 4. The van der Waals surface area contributed by atoms with E-state index in [2.05, 4.69) is 31.2 Å². The van der Waals surface area contributed by atoms with E-state index in [-0.39, 0.29) is 0 Å². The molecule has 0 amide bonds. The molecule has 2 rings (SSSR count). The normalized spacial score (nSPS) is 10.7. The zero-order valence-corrected chi connectivity index (χ0v) is 7.54. The van der Waals surface area contributed by atoms with Crippen LogP contribution in [0.4, 0.5) is 0 Å². The molecule has 0 aliphatic carbocycles. The Kier molecular flexibility index (Phi) is 1.54. The lowest BCUT2D eigenvalue weighted by Crippen LogP contribution is -1.85. The van der Waals surface area contributed by atoms with E-state index in [0.717, 1.165) is 5.39 Å². The minimum absolute atomic E-state index is 0.417. The Balaban J connectivity index is 2.94. The first-order valence-corrected chi connectivity index (χ1v) is 3.88. The molecule has 0 fully saturated rings. The van der Waals surface area contributed by atoms with Crippen LogP contribution in [0.2, 0.25) is 5.15 Å². The smallest absolute Gasteiger partial charge is 0.174 e. The Hall–Kier alpha value is -0.680. The van der Waals surface area contributed by atoms with Crippen molar-refractivity contribution in [2.24, 2.45) is 0 Å². The van der Waals surface area contributed by atoms with Crippen LogP contribution >= 0.6 is 27.7 Å². The van der Waals surface area contributed by atoms with Gasteiger partial charge in [-0.25, -0.2) is 9.97 Å². The lowest BCUT2D eigenvalue weighted by atomic mass is 10.4. The van der Waals surface area contributed by atoms with Gasteiger partial charge in [0.1, 0.15) is 11.5 Å². The van der Waals surface area contributed by atoms with Gasteiger partial charge in [-0.05, 0) is 0 Å². The molecule has 0 aromatic carbocycles. The largest absolute Gasteiger partial charge is 0.224 e. The van der Waals surface area contributed by atoms with Gasteiger partial charge in [0.2, 0.25) is 0 Å². The van der Waals surface area contributed by atoms with E-state index in [1.807, 2.05) is 0 Å². The maximum atomic E-state index is 5.75. The number of fused-ring (bicyclic) bond motifs is 1. The quantitative estimate of drug-likeness (QED) is 0.650. The molecule has 0 aliphatic rings. The van der Waals surface area contributed by atoms with Crippen molar-refractivity contribution in [3.8, 4) is 0 Å². The van der Waals surface area contributed by atoms with Crippen molar-refractivity contribution in [1.82, 2.24) is 18.8 Å². The summed E-state index contributed by atoms with van der Waals surface area (Å²) in [4.78, 5) is 7.76. The number of aromatic nitrogens is 4. The molecule has 0 unspecified atom stereocenters. The summed E-state index contributed by atoms with van der Waals surface area (Å²) in [5.74, 6) is 0. The summed E-state index contributed by atoms with van der Waals surface area (Å²) < 4.78 is 1.47. The van der Waals surface area contributed by atoms with Gasteiger partial charge >= 0.3 is 0 Å². The fourth-order valence-electron chi connectivity index (χ4n) is 0.787. The molecule has 0 saturated carbocycles. The van der Waals surface area contributed by atoms with Crippen LogP contribution in [0.25, 0.3) is 11.0 Å². The first-order valence-electron chi connectivity index (χ1n) is 2.79. The highest BCUT2D eigenvalue weighted by Gasteiger charge is 2.04. The summed E-state index contributed by atoms with van der Waals surface area (Å²) in [5, 5.41) is 5.06. The maximum Gasteiger partial charge on any atom is 0.174 e. The van der Waals surface area contributed by atoms with Crippen molar-refractivity contribution in [3.63, 3.8) is 0 Å². The van der Waals surface area contributed by atoms with Crippen molar-refractivity contribution >= 4 is 38.8 Å². The third-order valence-corrected chi connectivity index (χ3v) is 2.10. The fraction of sp³-hybridized carbons (Fsp3) is 0. The van der Waals surface area contributed by atoms with Gasteiger partial charge in [0, 0.05) is 0 Å². The topological polar surface area (TPSA) is 43.6 Å². The van der Waals surface area contributed by atoms with Gasteiger partial charge in [-0.3, -0.25) is 0 Å². The van der Waals surface area contributed by atoms with E-state index >= 15 is 0 Å². The van der Waals surface area contributed by atoms with Crippen LogP contribution in [-0.4, -0.2) is 18.8 Å². The van der Waals surface area contributed by atoms with E-state index in [9.17, 15) is 0 Å². The van der Waals surface area contributed by atoms with E-state index in [1.54, 1.807) is 6.20 Å². The van der Waals surface area contributed by atoms with Gasteiger partial charge in [0.15, 0.2) is 5.65 Å². The van der Waals surface area contributed by atoms with E-state index < -0.39 is 0 Å². The first-order chi connectivity index (χ1) is 5.29. The summed E-state index contributed by atoms with van der Waals surface area (Å²) >= 11 is 8.90. The van der Waals surface area contributed by atoms with Gasteiger partial charge in [0.05, 0.1) is 27.7 Å². The van der Waals surface area contributed by atoms with Gasteiger partial charge in [-0.2, -0.15) is 8.81 Å². The minimum Gasteiger partial charge on any atom is -0.224 e. The van der Waals surface area contributed by atoms with E-state index in [4.69, 9.17) is 11.6 Å². The summed E-state index contributed by atoms with van der Waals surface area (Å²) in [6.45, 7) is 0. The Labute approximate surface area is 75.5 Å². The first kappa shape index (κ1) is 7.00. The van der Waals surface area contributed by atoms with Crippen LogP contribution in [0.3, 0.4) is 0 Å². The molecule has 6 heteroatoms. The van der Waals surface area contributed by atoms with Gasteiger partial charge < -0.3 is 0 Å². The molecule has 0 atom stereocenters. The molecular formula is C5H2BrClN4. The number of hydrogen-bond acceptors (Lipinski definition) is 3. The Morgan fingerprint density at radius 3 is 3.00 bits per heavy atom. The van der Waals surface area contributed by atoms with Crippen LogP contribution in [0.5, 0.6) is 0 Å². The van der Waals surface area contributed by atoms with Crippen molar-refractivity contribution in [1.29, 1.82) is 0 Å². The highest BCUT2D eigenvalue weighted by molar-refractivity contribution is 9.08. The van der Waals surface area contributed by atoms with Crippen LogP contribution in [0.15, 0.2) is 12.5 Å². The zero-order valence-electron chi connectivity index (χ0n) is 5.20. The Morgan fingerprint density at radius 1 is 1.45 bits per heavy atom. The predicted molar refractivity (Wildman–Crippen MR) is 44.7 cm³/mol. The maximum absolute atomic E-state index is 5.75. The molecule has 0 bridgehead atoms. The number of halogens is 2. The lowest BCUT2D eigenvalue weighted by molar-refractivity contribution is 1.04. The monoisotopic (exact) mass is 232 g/mol. The van der Waals surface area contributed by atoms with Gasteiger partial charge in [-0.1, -0.05) is 11.6 Å². The SMILES string of the molecule is Clc1ncnc2c1cnn2Br. The Bertz CT molecular complexity index is 398. The summed E-state index contributed by atoms with van der Waals surface area (Å²) in [6.07, 6.45) is 3.00. The van der Waals surface area contributed by atoms with Crippen LogP contribution in [0, 0.1) is 0 Å². The molecule has 2 aromatic rings. The molecule has 0 saturated heterocycles. The standard InChI is InChI=1S/C5H2BrClN4/c6-11-5-3(1-10-11)4(7)8-2-9-5/h1-2H. The second-order valence-corrected chi connectivity index (χ2v) is 2.94. The highest BCUT2D eigenvalue weighted by Crippen LogP contribution is 2.18. The molecule has 56 valence electrons. The van der Waals surface area contributed by atoms with Gasteiger partial charge in [-0.15, -0.1) is 0 Å². The molecule has 0 spiro atoms. The second-order valence-electron chi connectivity index (χ2n) is 1.91. The zero-order chi connectivity index (χ0) is 7.84. The van der Waals surface area contributed by atoms with Crippen molar-refractivity contribution < 1.29 is 0 Å².